The SMILES string of the molecule is NC(=O)c1c(NC(=O)Nc2ccc(Cl)cc2)sc2c1[C@@H]1CC3CN1[C@H]3C2. The average molecular weight is 389 g/mol. The molecule has 6 nitrogen and oxygen atoms in total. The number of primary amides is 1. The summed E-state index contributed by atoms with van der Waals surface area (Å²) in [6.07, 6.45) is 2.03. The van der Waals surface area contributed by atoms with E-state index in [2.05, 4.69) is 15.5 Å². The molecule has 5 heterocycles. The van der Waals surface area contributed by atoms with Gasteiger partial charge < -0.3 is 11.1 Å². The zero-order valence-electron chi connectivity index (χ0n) is 13.8. The number of rotatable bonds is 3. The molecule has 4 bridgehead atoms. The molecule has 0 spiro atoms. The van der Waals surface area contributed by atoms with Gasteiger partial charge in [-0.25, -0.2) is 4.79 Å². The van der Waals surface area contributed by atoms with Crippen molar-refractivity contribution in [3.8, 4) is 0 Å². The second-order valence-electron chi connectivity index (χ2n) is 7.07. The predicted octanol–water partition coefficient (Wildman–Crippen LogP) is 3.45. The van der Waals surface area contributed by atoms with E-state index in [9.17, 15) is 9.59 Å². The van der Waals surface area contributed by atoms with Gasteiger partial charge in [-0.05, 0) is 48.6 Å². The minimum atomic E-state index is -0.479. The number of amides is 3. The van der Waals surface area contributed by atoms with Crippen LogP contribution in [0.25, 0.3) is 0 Å². The molecule has 8 heteroatoms. The van der Waals surface area contributed by atoms with E-state index in [0.717, 1.165) is 30.9 Å². The number of benzene rings is 1. The van der Waals surface area contributed by atoms with Crippen LogP contribution < -0.4 is 16.4 Å². The van der Waals surface area contributed by atoms with Gasteiger partial charge in [-0.3, -0.25) is 15.0 Å². The van der Waals surface area contributed by atoms with Gasteiger partial charge in [0.25, 0.3) is 5.91 Å². The number of hydrogen-bond acceptors (Lipinski definition) is 4. The van der Waals surface area contributed by atoms with Crippen molar-refractivity contribution in [3.05, 3.63) is 45.3 Å². The molecule has 2 unspecified atom stereocenters. The van der Waals surface area contributed by atoms with Gasteiger partial charge in [-0.2, -0.15) is 0 Å². The molecule has 134 valence electrons. The highest BCUT2D eigenvalue weighted by Crippen LogP contribution is 2.57. The number of carbonyl (C=O) groups is 2. The number of fused-ring (bicyclic) bond motifs is 1. The third kappa shape index (κ3) is 2.35. The number of halogens is 1. The van der Waals surface area contributed by atoms with Crippen molar-refractivity contribution in [2.45, 2.75) is 24.9 Å². The molecule has 26 heavy (non-hydrogen) atoms. The van der Waals surface area contributed by atoms with Crippen LogP contribution in [0.15, 0.2) is 24.3 Å². The normalized spacial score (nSPS) is 27.4. The van der Waals surface area contributed by atoms with Crippen LogP contribution in [0, 0.1) is 5.92 Å². The number of carbonyl (C=O) groups excluding carboxylic acids is 2. The van der Waals surface area contributed by atoms with Crippen molar-refractivity contribution in [1.29, 1.82) is 0 Å². The van der Waals surface area contributed by atoms with E-state index >= 15 is 0 Å². The van der Waals surface area contributed by atoms with Gasteiger partial charge in [-0.1, -0.05) is 11.6 Å². The molecule has 0 saturated carbocycles. The van der Waals surface area contributed by atoms with Gasteiger partial charge in [0.2, 0.25) is 0 Å². The number of thiophene rings is 1. The van der Waals surface area contributed by atoms with Crippen molar-refractivity contribution in [2.24, 2.45) is 11.7 Å². The Kier molecular flexibility index (Phi) is 3.53. The van der Waals surface area contributed by atoms with E-state index in [4.69, 9.17) is 17.3 Å². The Hall–Kier alpha value is -2.09. The third-order valence-electron chi connectivity index (χ3n) is 5.67. The first kappa shape index (κ1) is 16.1. The number of anilines is 2. The van der Waals surface area contributed by atoms with Crippen molar-refractivity contribution in [2.75, 3.05) is 17.2 Å². The molecule has 4 aliphatic heterocycles. The highest BCUT2D eigenvalue weighted by atomic mass is 35.5. The summed E-state index contributed by atoms with van der Waals surface area (Å²) in [7, 11) is 0. The minimum Gasteiger partial charge on any atom is -0.365 e. The smallest absolute Gasteiger partial charge is 0.324 e. The average Bonchev–Trinajstić information content (AvgIpc) is 3.23. The molecule has 1 aromatic heterocycles. The zero-order chi connectivity index (χ0) is 18.0. The summed E-state index contributed by atoms with van der Waals surface area (Å²) in [5.41, 5.74) is 7.83. The topological polar surface area (TPSA) is 87.5 Å². The fourth-order valence-electron chi connectivity index (χ4n) is 4.56. The maximum absolute atomic E-state index is 12.4. The summed E-state index contributed by atoms with van der Waals surface area (Å²) in [5, 5.41) is 6.71. The lowest BCUT2D eigenvalue weighted by molar-refractivity contribution is 0.0705. The summed E-state index contributed by atoms with van der Waals surface area (Å²) in [5.74, 6) is 0.262. The van der Waals surface area contributed by atoms with Crippen LogP contribution in [0.1, 0.15) is 33.3 Å². The molecule has 3 fully saturated rings. The zero-order valence-corrected chi connectivity index (χ0v) is 15.4. The van der Waals surface area contributed by atoms with E-state index in [1.165, 1.54) is 16.2 Å². The molecule has 0 aliphatic carbocycles. The highest BCUT2D eigenvalue weighted by Gasteiger charge is 2.56. The molecule has 4 aliphatic rings. The molecule has 1 aromatic carbocycles. The van der Waals surface area contributed by atoms with Crippen LogP contribution >= 0.6 is 22.9 Å². The van der Waals surface area contributed by atoms with E-state index < -0.39 is 11.9 Å². The predicted molar refractivity (Wildman–Crippen MR) is 102 cm³/mol. The quantitative estimate of drug-likeness (QED) is 0.752. The van der Waals surface area contributed by atoms with Crippen molar-refractivity contribution >= 4 is 45.6 Å². The van der Waals surface area contributed by atoms with Crippen LogP contribution in [0.3, 0.4) is 0 Å². The minimum absolute atomic E-state index is 0.280. The van der Waals surface area contributed by atoms with Crippen LogP contribution in [0.4, 0.5) is 15.5 Å². The highest BCUT2D eigenvalue weighted by molar-refractivity contribution is 7.17. The molecular weight excluding hydrogens is 372 g/mol. The Morgan fingerprint density at radius 3 is 2.73 bits per heavy atom. The second kappa shape index (κ2) is 5.70. The van der Waals surface area contributed by atoms with Crippen LogP contribution in [0.5, 0.6) is 0 Å². The van der Waals surface area contributed by atoms with Gasteiger partial charge in [0.1, 0.15) is 5.00 Å². The van der Waals surface area contributed by atoms with E-state index in [1.54, 1.807) is 24.3 Å². The fraction of sp³-hybridized carbons (Fsp3) is 0.333. The largest absolute Gasteiger partial charge is 0.365 e. The summed E-state index contributed by atoms with van der Waals surface area (Å²) < 4.78 is 0. The first-order valence-electron chi connectivity index (χ1n) is 8.56. The first-order valence-corrected chi connectivity index (χ1v) is 9.75. The maximum Gasteiger partial charge on any atom is 0.324 e. The van der Waals surface area contributed by atoms with Crippen LogP contribution in [-0.4, -0.2) is 29.4 Å². The number of nitrogens with zero attached hydrogens (tertiary/aromatic N) is 1. The summed E-state index contributed by atoms with van der Waals surface area (Å²) in [4.78, 5) is 28.2. The van der Waals surface area contributed by atoms with Gasteiger partial charge in [-0.15, -0.1) is 11.3 Å². The summed E-state index contributed by atoms with van der Waals surface area (Å²) >= 11 is 7.34. The Labute approximate surface area is 159 Å². The molecule has 4 atom stereocenters. The van der Waals surface area contributed by atoms with Gasteiger partial charge in [0.15, 0.2) is 0 Å². The molecule has 6 rings (SSSR count). The van der Waals surface area contributed by atoms with Gasteiger partial charge in [0, 0.05) is 34.2 Å². The first-order chi connectivity index (χ1) is 12.5. The lowest BCUT2D eigenvalue weighted by atomic mass is 9.89. The monoisotopic (exact) mass is 388 g/mol. The van der Waals surface area contributed by atoms with Gasteiger partial charge >= 0.3 is 6.03 Å². The molecule has 2 aromatic rings. The third-order valence-corrected chi connectivity index (χ3v) is 7.06. The lowest BCUT2D eigenvalue weighted by Gasteiger charge is -2.43. The molecule has 3 saturated heterocycles. The van der Waals surface area contributed by atoms with Crippen molar-refractivity contribution in [1.82, 2.24) is 4.90 Å². The van der Waals surface area contributed by atoms with E-state index in [1.807, 2.05) is 0 Å². The Morgan fingerprint density at radius 1 is 1.23 bits per heavy atom. The number of urea groups is 1. The molecule has 0 radical (unpaired) electrons. The van der Waals surface area contributed by atoms with Crippen LogP contribution in [0.2, 0.25) is 5.02 Å². The molecule has 3 amide bonds. The Balaban J connectivity index is 1.42. The standard InChI is InChI=1S/C18H17ClN4O2S/c19-9-1-3-10(4-2-9)21-18(25)22-17-15(16(20)24)14-12-5-8-7-23(12)11(8)6-13(14)26-17/h1-4,8,11-12H,5-7H2,(H2,20,24)(H2,21,22,25)/t8?,11-,12-/m0/s1. The summed E-state index contributed by atoms with van der Waals surface area (Å²) in [6, 6.07) is 7.32. The van der Waals surface area contributed by atoms with E-state index in [-0.39, 0.29) is 6.04 Å². The second-order valence-corrected chi connectivity index (χ2v) is 8.61. The van der Waals surface area contributed by atoms with Crippen LogP contribution in [-0.2, 0) is 6.42 Å². The molecular formula is C18H17ClN4O2S. The number of nitrogens with one attached hydrogen (secondary N) is 2. The Morgan fingerprint density at radius 2 is 2.00 bits per heavy atom. The van der Waals surface area contributed by atoms with Crippen molar-refractivity contribution in [3.63, 3.8) is 0 Å². The lowest BCUT2D eigenvalue weighted by Crippen LogP contribution is -2.51. The summed E-state index contributed by atoms with van der Waals surface area (Å²) in [6.45, 7) is 1.11. The molecule has 4 N–H and O–H groups in total. The number of hydrogen-bond donors (Lipinski definition) is 3. The maximum atomic E-state index is 12.4. The van der Waals surface area contributed by atoms with E-state index in [0.29, 0.717) is 27.3 Å². The van der Waals surface area contributed by atoms with Crippen molar-refractivity contribution < 1.29 is 9.59 Å². The van der Waals surface area contributed by atoms with Gasteiger partial charge in [0.05, 0.1) is 5.56 Å². The Bertz CT molecular complexity index is 926. The fourth-order valence-corrected chi connectivity index (χ4v) is 5.99. The number of nitrogens with two attached hydrogens (primary N) is 1.